The second kappa shape index (κ2) is 5.88. The molecule has 2 aromatic rings. The summed E-state index contributed by atoms with van der Waals surface area (Å²) in [6.45, 7) is 2.01. The van der Waals surface area contributed by atoms with E-state index in [9.17, 15) is 0 Å². The number of nitrogens with zero attached hydrogens (tertiary/aromatic N) is 1. The molecular formula is C11H13N3OS2. The third-order valence-corrected chi connectivity index (χ3v) is 3.25. The molecule has 0 aliphatic carbocycles. The zero-order valence-electron chi connectivity index (χ0n) is 9.34. The first-order valence-corrected chi connectivity index (χ1v) is 6.66. The number of thioether (sulfide) groups is 1. The van der Waals surface area contributed by atoms with Crippen molar-refractivity contribution < 1.29 is 4.74 Å². The number of aromatic amines is 2. The lowest BCUT2D eigenvalue weighted by Gasteiger charge is -2.13. The molecule has 6 heteroatoms. The Kier molecular flexibility index (Phi) is 4.22. The summed E-state index contributed by atoms with van der Waals surface area (Å²) in [5, 5.41) is 5.67. The van der Waals surface area contributed by atoms with Crippen LogP contribution in [0.25, 0.3) is 0 Å². The van der Waals surface area contributed by atoms with Crippen LogP contribution in [0, 0.1) is 4.77 Å². The van der Waals surface area contributed by atoms with Crippen molar-refractivity contribution in [1.29, 1.82) is 0 Å². The average molecular weight is 267 g/mol. The predicted octanol–water partition coefficient (Wildman–Crippen LogP) is 3.13. The minimum absolute atomic E-state index is 0.0658. The first-order chi connectivity index (χ1) is 8.24. The summed E-state index contributed by atoms with van der Waals surface area (Å²) in [5.74, 6) is 2.45. The molecule has 0 saturated heterocycles. The van der Waals surface area contributed by atoms with Gasteiger partial charge < -0.3 is 4.74 Å². The molecule has 0 amide bonds. The van der Waals surface area contributed by atoms with Gasteiger partial charge in [-0.2, -0.15) is 0 Å². The zero-order valence-corrected chi connectivity index (χ0v) is 11.0. The van der Waals surface area contributed by atoms with Crippen LogP contribution in [0.15, 0.2) is 30.3 Å². The first-order valence-electron chi connectivity index (χ1n) is 5.21. The van der Waals surface area contributed by atoms with Crippen LogP contribution < -0.4 is 4.74 Å². The van der Waals surface area contributed by atoms with Crippen LogP contribution in [0.5, 0.6) is 5.75 Å². The Morgan fingerprint density at radius 3 is 2.76 bits per heavy atom. The van der Waals surface area contributed by atoms with Crippen molar-refractivity contribution in [3.63, 3.8) is 0 Å². The van der Waals surface area contributed by atoms with Crippen molar-refractivity contribution in [3.8, 4) is 5.75 Å². The fourth-order valence-electron chi connectivity index (χ4n) is 1.29. The van der Waals surface area contributed by atoms with Crippen LogP contribution >= 0.6 is 24.0 Å². The number of hydrogen-bond acceptors (Lipinski definition) is 4. The van der Waals surface area contributed by atoms with Gasteiger partial charge in [0.1, 0.15) is 17.0 Å². The highest BCUT2D eigenvalue weighted by Gasteiger charge is 2.06. The number of ether oxygens (including phenoxy) is 1. The van der Waals surface area contributed by atoms with Gasteiger partial charge in [-0.05, 0) is 31.3 Å². The topological polar surface area (TPSA) is 53.7 Å². The van der Waals surface area contributed by atoms with E-state index in [1.165, 1.54) is 0 Å². The standard InChI is InChI=1S/C11H13N3OS2/c1-8(15-9-5-3-2-4-6-9)17-7-10-12-11(16)14-13-10/h2-6,8H,7H2,1H3,(H2,12,13,14,16). The van der Waals surface area contributed by atoms with Crippen molar-refractivity contribution in [2.45, 2.75) is 18.1 Å². The summed E-state index contributed by atoms with van der Waals surface area (Å²) in [4.78, 5) is 4.12. The molecular weight excluding hydrogens is 254 g/mol. The maximum atomic E-state index is 5.73. The van der Waals surface area contributed by atoms with E-state index in [4.69, 9.17) is 17.0 Å². The van der Waals surface area contributed by atoms with E-state index in [2.05, 4.69) is 15.2 Å². The highest BCUT2D eigenvalue weighted by Crippen LogP contribution is 2.19. The third-order valence-electron chi connectivity index (χ3n) is 2.05. The van der Waals surface area contributed by atoms with E-state index in [-0.39, 0.29) is 5.44 Å². The molecule has 17 heavy (non-hydrogen) atoms. The lowest BCUT2D eigenvalue weighted by Crippen LogP contribution is -2.07. The number of rotatable bonds is 5. The smallest absolute Gasteiger partial charge is 0.213 e. The molecule has 1 aromatic heterocycles. The summed E-state index contributed by atoms with van der Waals surface area (Å²) >= 11 is 6.53. The highest BCUT2D eigenvalue weighted by molar-refractivity contribution is 7.98. The molecule has 0 saturated carbocycles. The van der Waals surface area contributed by atoms with Crippen molar-refractivity contribution in [3.05, 3.63) is 40.9 Å². The molecule has 1 atom stereocenters. The van der Waals surface area contributed by atoms with E-state index in [0.717, 1.165) is 17.3 Å². The molecule has 1 unspecified atom stereocenters. The predicted molar refractivity (Wildman–Crippen MR) is 71.6 cm³/mol. The second-order valence-electron chi connectivity index (χ2n) is 3.42. The molecule has 90 valence electrons. The third kappa shape index (κ3) is 3.90. The summed E-state index contributed by atoms with van der Waals surface area (Å²) in [5.41, 5.74) is 0.0658. The van der Waals surface area contributed by atoms with Crippen molar-refractivity contribution in [2.24, 2.45) is 0 Å². The Balaban J connectivity index is 1.82. The lowest BCUT2D eigenvalue weighted by molar-refractivity contribution is 0.307. The van der Waals surface area contributed by atoms with Crippen LogP contribution in [-0.2, 0) is 5.75 Å². The van der Waals surface area contributed by atoms with E-state index in [1.54, 1.807) is 11.8 Å². The Morgan fingerprint density at radius 1 is 1.35 bits per heavy atom. The largest absolute Gasteiger partial charge is 0.480 e. The first kappa shape index (κ1) is 12.2. The van der Waals surface area contributed by atoms with Crippen molar-refractivity contribution >= 4 is 24.0 Å². The Bertz CT molecular complexity index is 509. The van der Waals surface area contributed by atoms with Gasteiger partial charge in [0.15, 0.2) is 0 Å². The van der Waals surface area contributed by atoms with Gasteiger partial charge >= 0.3 is 0 Å². The van der Waals surface area contributed by atoms with Gasteiger partial charge in [-0.1, -0.05) is 18.2 Å². The van der Waals surface area contributed by atoms with Crippen molar-refractivity contribution in [1.82, 2.24) is 15.2 Å². The molecule has 0 aliphatic rings. The summed E-state index contributed by atoms with van der Waals surface area (Å²) in [7, 11) is 0. The van der Waals surface area contributed by atoms with Gasteiger partial charge in [-0.25, -0.2) is 4.98 Å². The van der Waals surface area contributed by atoms with E-state index in [1.807, 2.05) is 37.3 Å². The summed E-state index contributed by atoms with van der Waals surface area (Å²) in [6, 6.07) is 9.77. The number of nitrogens with one attached hydrogen (secondary N) is 2. The highest BCUT2D eigenvalue weighted by atomic mass is 32.2. The average Bonchev–Trinajstić information content (AvgIpc) is 2.74. The number of H-pyrrole nitrogens is 2. The van der Waals surface area contributed by atoms with Crippen molar-refractivity contribution in [2.75, 3.05) is 0 Å². The minimum atomic E-state index is 0.0658. The molecule has 0 fully saturated rings. The summed E-state index contributed by atoms with van der Waals surface area (Å²) in [6.07, 6.45) is 0. The molecule has 0 bridgehead atoms. The Labute approximate surface area is 109 Å². The Hall–Kier alpha value is -1.27. The molecule has 2 N–H and O–H groups in total. The second-order valence-corrected chi connectivity index (χ2v) is 5.10. The van der Waals surface area contributed by atoms with Crippen LogP contribution in [0.4, 0.5) is 0 Å². The maximum Gasteiger partial charge on any atom is 0.213 e. The minimum Gasteiger partial charge on any atom is -0.480 e. The normalized spacial score (nSPS) is 12.3. The van der Waals surface area contributed by atoms with E-state index < -0.39 is 0 Å². The molecule has 0 spiro atoms. The van der Waals surface area contributed by atoms with E-state index in [0.29, 0.717) is 4.77 Å². The molecule has 0 radical (unpaired) electrons. The number of benzene rings is 1. The molecule has 0 aliphatic heterocycles. The van der Waals surface area contributed by atoms with Crippen LogP contribution in [-0.4, -0.2) is 20.6 Å². The van der Waals surface area contributed by atoms with Gasteiger partial charge in [0.2, 0.25) is 4.77 Å². The van der Waals surface area contributed by atoms with E-state index >= 15 is 0 Å². The monoisotopic (exact) mass is 267 g/mol. The van der Waals surface area contributed by atoms with Gasteiger partial charge in [-0.3, -0.25) is 10.2 Å². The molecule has 1 aromatic carbocycles. The number of hydrogen-bond donors (Lipinski definition) is 2. The van der Waals surface area contributed by atoms with Gasteiger partial charge in [0.05, 0.1) is 5.75 Å². The van der Waals surface area contributed by atoms with Gasteiger partial charge in [0, 0.05) is 0 Å². The number of para-hydroxylation sites is 1. The van der Waals surface area contributed by atoms with Gasteiger partial charge in [0.25, 0.3) is 0 Å². The SMILES string of the molecule is CC(Oc1ccccc1)SCc1nc(=S)[nH][nH]1. The van der Waals surface area contributed by atoms with Crippen LogP contribution in [0.2, 0.25) is 0 Å². The van der Waals surface area contributed by atoms with Gasteiger partial charge in [-0.15, -0.1) is 11.8 Å². The molecule has 1 heterocycles. The Morgan fingerprint density at radius 2 is 2.12 bits per heavy atom. The number of aromatic nitrogens is 3. The maximum absolute atomic E-state index is 5.73. The molecule has 4 nitrogen and oxygen atoms in total. The fourth-order valence-corrected chi connectivity index (χ4v) is 2.16. The zero-order chi connectivity index (χ0) is 12.1. The lowest BCUT2D eigenvalue weighted by atomic mass is 10.3. The quantitative estimate of drug-likeness (QED) is 0.645. The fraction of sp³-hybridized carbons (Fsp3) is 0.273. The van der Waals surface area contributed by atoms with Crippen LogP contribution in [0.1, 0.15) is 12.7 Å². The van der Waals surface area contributed by atoms with Crippen LogP contribution in [0.3, 0.4) is 0 Å². The summed E-state index contributed by atoms with van der Waals surface area (Å²) < 4.78 is 6.21. The molecule has 2 rings (SSSR count).